The van der Waals surface area contributed by atoms with Crippen molar-refractivity contribution in [2.45, 2.75) is 0 Å². The molecule has 2 nitrogen and oxygen atoms in total. The van der Waals surface area contributed by atoms with Gasteiger partial charge in [0.05, 0.1) is 5.69 Å². The number of hydrogen-bond acceptors (Lipinski definition) is 2. The second kappa shape index (κ2) is 14.1. The summed E-state index contributed by atoms with van der Waals surface area (Å²) < 4.78 is 6.51. The number of nitrogens with zero attached hydrogens (tertiary/aromatic N) is 1. The van der Waals surface area contributed by atoms with E-state index in [0.717, 1.165) is 60.9 Å². The summed E-state index contributed by atoms with van der Waals surface area (Å²) in [6.07, 6.45) is 0. The largest absolute Gasteiger partial charge is 0.455 e. The Balaban J connectivity index is 1.07. The van der Waals surface area contributed by atoms with Gasteiger partial charge in [0.15, 0.2) is 0 Å². The first-order valence-electron chi connectivity index (χ1n) is 19.8. The molecule has 0 unspecified atom stereocenters. The molecule has 2 heteroatoms. The van der Waals surface area contributed by atoms with Gasteiger partial charge in [0.25, 0.3) is 0 Å². The Kier molecular flexibility index (Phi) is 8.19. The van der Waals surface area contributed by atoms with Crippen molar-refractivity contribution in [1.29, 1.82) is 0 Å². The summed E-state index contributed by atoms with van der Waals surface area (Å²) in [7, 11) is 0. The van der Waals surface area contributed by atoms with Crippen molar-refractivity contribution in [2.24, 2.45) is 0 Å². The van der Waals surface area contributed by atoms with Gasteiger partial charge in [-0.05, 0) is 97.6 Å². The molecule has 0 aliphatic rings. The Labute approximate surface area is 337 Å². The maximum atomic E-state index is 6.51. The van der Waals surface area contributed by atoms with E-state index in [4.69, 9.17) is 4.42 Å². The van der Waals surface area contributed by atoms with Crippen molar-refractivity contribution >= 4 is 60.5 Å². The SMILES string of the molecule is c1ccc(-c2ccc(-c3ccc(N(c4ccc(-c5cccc6ccccc56)cc4)c4ccccc4-c4cc5c6ccccc6oc5c5ccccc45)cc3)cc2)cc1. The first kappa shape index (κ1) is 33.6. The van der Waals surface area contributed by atoms with Gasteiger partial charge in [-0.25, -0.2) is 0 Å². The van der Waals surface area contributed by atoms with Gasteiger partial charge in [-0.1, -0.05) is 182 Å². The summed E-state index contributed by atoms with van der Waals surface area (Å²) in [6.45, 7) is 0. The molecule has 0 aliphatic heterocycles. The van der Waals surface area contributed by atoms with Gasteiger partial charge in [-0.3, -0.25) is 0 Å². The smallest absolute Gasteiger partial charge is 0.143 e. The molecule has 0 radical (unpaired) electrons. The molecule has 0 N–H and O–H groups in total. The van der Waals surface area contributed by atoms with Crippen LogP contribution >= 0.6 is 0 Å². The van der Waals surface area contributed by atoms with Crippen LogP contribution in [0, 0.1) is 0 Å². The van der Waals surface area contributed by atoms with Gasteiger partial charge in [0, 0.05) is 33.1 Å². The second-order valence-electron chi connectivity index (χ2n) is 14.9. The van der Waals surface area contributed by atoms with E-state index in [0.29, 0.717) is 0 Å². The molecule has 0 atom stereocenters. The molecule has 0 aliphatic carbocycles. The lowest BCUT2D eigenvalue weighted by molar-refractivity contribution is 0.672. The van der Waals surface area contributed by atoms with Crippen LogP contribution in [-0.2, 0) is 0 Å². The van der Waals surface area contributed by atoms with Gasteiger partial charge >= 0.3 is 0 Å². The molecule has 0 spiro atoms. The fraction of sp³-hybridized carbons (Fsp3) is 0. The average Bonchev–Trinajstić information content (AvgIpc) is 3.69. The molecule has 0 bridgehead atoms. The molecular weight excluding hydrogens is 703 g/mol. The van der Waals surface area contributed by atoms with Crippen molar-refractivity contribution in [2.75, 3.05) is 4.90 Å². The van der Waals surface area contributed by atoms with Crippen LogP contribution in [0.1, 0.15) is 0 Å². The third kappa shape index (κ3) is 5.82. The van der Waals surface area contributed by atoms with Crippen molar-refractivity contribution in [1.82, 2.24) is 0 Å². The van der Waals surface area contributed by atoms with Crippen LogP contribution in [0.4, 0.5) is 17.1 Å². The number of para-hydroxylation sites is 2. The first-order valence-corrected chi connectivity index (χ1v) is 19.8. The number of anilines is 3. The molecular formula is C56H37NO. The summed E-state index contributed by atoms with van der Waals surface area (Å²) >= 11 is 0. The normalized spacial score (nSPS) is 11.4. The molecule has 272 valence electrons. The van der Waals surface area contributed by atoms with E-state index in [1.807, 2.05) is 6.07 Å². The molecule has 1 heterocycles. The summed E-state index contributed by atoms with van der Waals surface area (Å²) in [4.78, 5) is 2.40. The van der Waals surface area contributed by atoms with Gasteiger partial charge in [-0.2, -0.15) is 0 Å². The minimum absolute atomic E-state index is 0.899. The van der Waals surface area contributed by atoms with E-state index in [2.05, 4.69) is 223 Å². The third-order valence-electron chi connectivity index (χ3n) is 11.5. The highest BCUT2D eigenvalue weighted by Crippen LogP contribution is 2.46. The standard InChI is InChI=1S/C56H37NO/c1-2-13-38(14-3-1)39-25-27-40(28-26-39)41-29-33-44(34-30-41)57(45-35-31-43(32-36-45)47-22-12-16-42-15-4-5-17-46(42)47)54-23-10-8-19-49(54)52-37-53-50-20-9-11-24-55(50)58-56(53)51-21-7-6-18-48(51)52/h1-37H. The summed E-state index contributed by atoms with van der Waals surface area (Å²) in [5.41, 5.74) is 14.6. The van der Waals surface area contributed by atoms with Crippen LogP contribution in [0.15, 0.2) is 229 Å². The predicted molar refractivity (Wildman–Crippen MR) is 245 cm³/mol. The Bertz CT molecular complexity index is 3250. The van der Waals surface area contributed by atoms with E-state index in [1.165, 1.54) is 44.2 Å². The Morgan fingerprint density at radius 3 is 1.52 bits per heavy atom. The maximum absolute atomic E-state index is 6.51. The number of furan rings is 1. The highest BCUT2D eigenvalue weighted by atomic mass is 16.3. The van der Waals surface area contributed by atoms with Crippen molar-refractivity contribution < 1.29 is 4.42 Å². The van der Waals surface area contributed by atoms with E-state index in [-0.39, 0.29) is 0 Å². The molecule has 11 rings (SSSR count). The Hall–Kier alpha value is -7.68. The number of benzene rings is 10. The lowest BCUT2D eigenvalue weighted by Gasteiger charge is -2.28. The van der Waals surface area contributed by atoms with E-state index in [9.17, 15) is 0 Å². The van der Waals surface area contributed by atoms with Gasteiger partial charge in [0.1, 0.15) is 11.2 Å². The third-order valence-corrected chi connectivity index (χ3v) is 11.5. The minimum Gasteiger partial charge on any atom is -0.455 e. The van der Waals surface area contributed by atoms with Crippen molar-refractivity contribution in [3.63, 3.8) is 0 Å². The number of rotatable bonds is 7. The van der Waals surface area contributed by atoms with Crippen LogP contribution < -0.4 is 4.90 Å². The van der Waals surface area contributed by atoms with Crippen LogP contribution in [-0.4, -0.2) is 0 Å². The minimum atomic E-state index is 0.899. The fourth-order valence-corrected chi connectivity index (χ4v) is 8.65. The molecule has 0 fully saturated rings. The summed E-state index contributed by atoms with van der Waals surface area (Å²) in [5.74, 6) is 0. The number of hydrogen-bond donors (Lipinski definition) is 0. The zero-order chi connectivity index (χ0) is 38.4. The molecule has 0 amide bonds. The quantitative estimate of drug-likeness (QED) is 0.162. The Morgan fingerprint density at radius 1 is 0.293 bits per heavy atom. The zero-order valence-electron chi connectivity index (χ0n) is 31.7. The zero-order valence-corrected chi connectivity index (χ0v) is 31.7. The second-order valence-corrected chi connectivity index (χ2v) is 14.9. The predicted octanol–water partition coefficient (Wildman–Crippen LogP) is 16.0. The van der Waals surface area contributed by atoms with Gasteiger partial charge in [0.2, 0.25) is 0 Å². The maximum Gasteiger partial charge on any atom is 0.143 e. The lowest BCUT2D eigenvalue weighted by atomic mass is 9.93. The van der Waals surface area contributed by atoms with Crippen LogP contribution in [0.25, 0.3) is 88.0 Å². The first-order chi connectivity index (χ1) is 28.8. The molecule has 11 aromatic rings. The Morgan fingerprint density at radius 2 is 0.793 bits per heavy atom. The fourth-order valence-electron chi connectivity index (χ4n) is 8.65. The van der Waals surface area contributed by atoms with Crippen LogP contribution in [0.2, 0.25) is 0 Å². The van der Waals surface area contributed by atoms with Gasteiger partial charge in [-0.15, -0.1) is 0 Å². The summed E-state index contributed by atoms with van der Waals surface area (Å²) in [5, 5.41) is 6.99. The van der Waals surface area contributed by atoms with Gasteiger partial charge < -0.3 is 9.32 Å². The van der Waals surface area contributed by atoms with Crippen LogP contribution in [0.3, 0.4) is 0 Å². The molecule has 10 aromatic carbocycles. The molecule has 0 saturated heterocycles. The van der Waals surface area contributed by atoms with Crippen molar-refractivity contribution in [3.05, 3.63) is 224 Å². The average molecular weight is 740 g/mol. The summed E-state index contributed by atoms with van der Waals surface area (Å²) in [6, 6.07) is 80.7. The van der Waals surface area contributed by atoms with Crippen LogP contribution in [0.5, 0.6) is 0 Å². The topological polar surface area (TPSA) is 16.4 Å². The number of fused-ring (bicyclic) bond motifs is 6. The van der Waals surface area contributed by atoms with E-state index < -0.39 is 0 Å². The molecule has 1 aromatic heterocycles. The monoisotopic (exact) mass is 739 g/mol. The van der Waals surface area contributed by atoms with E-state index in [1.54, 1.807) is 0 Å². The molecule has 58 heavy (non-hydrogen) atoms. The lowest BCUT2D eigenvalue weighted by Crippen LogP contribution is -2.11. The van der Waals surface area contributed by atoms with E-state index >= 15 is 0 Å². The molecule has 0 saturated carbocycles. The highest BCUT2D eigenvalue weighted by molar-refractivity contribution is 6.20. The van der Waals surface area contributed by atoms with Crippen molar-refractivity contribution in [3.8, 4) is 44.5 Å². The highest BCUT2D eigenvalue weighted by Gasteiger charge is 2.21.